The van der Waals surface area contributed by atoms with Gasteiger partial charge in [0, 0.05) is 12.1 Å². The Hall–Kier alpha value is -1.36. The second-order valence-electron chi connectivity index (χ2n) is 5.07. The Balaban J connectivity index is 2.86. The predicted octanol–water partition coefficient (Wildman–Crippen LogP) is 1.32. The van der Waals surface area contributed by atoms with Gasteiger partial charge < -0.3 is 11.1 Å². The van der Waals surface area contributed by atoms with Crippen molar-refractivity contribution in [1.29, 1.82) is 0 Å². The average Bonchev–Trinajstić information content (AvgIpc) is 2.71. The summed E-state index contributed by atoms with van der Waals surface area (Å²) < 4.78 is 1.74. The molecule has 0 spiro atoms. The maximum Gasteiger partial charge on any atom is 0.269 e. The zero-order valence-electron chi connectivity index (χ0n) is 11.8. The number of hydrogen-bond donors (Lipinski definition) is 2. The molecule has 18 heavy (non-hydrogen) atoms. The van der Waals surface area contributed by atoms with Crippen molar-refractivity contribution >= 4 is 5.91 Å². The van der Waals surface area contributed by atoms with Crippen LogP contribution in [0, 0.1) is 0 Å². The number of aromatic nitrogens is 2. The molecule has 0 radical (unpaired) electrons. The lowest BCUT2D eigenvalue weighted by atomic mass is 10.0. The van der Waals surface area contributed by atoms with Crippen molar-refractivity contribution < 1.29 is 4.79 Å². The van der Waals surface area contributed by atoms with Crippen LogP contribution in [0.15, 0.2) is 6.07 Å². The van der Waals surface area contributed by atoms with Crippen LogP contribution in [0.3, 0.4) is 0 Å². The summed E-state index contributed by atoms with van der Waals surface area (Å²) >= 11 is 0. The van der Waals surface area contributed by atoms with Crippen LogP contribution in [0.4, 0.5) is 0 Å². The number of nitrogens with zero attached hydrogens (tertiary/aromatic N) is 2. The molecule has 0 aliphatic rings. The number of aryl methyl sites for hydroxylation is 2. The first-order valence-electron chi connectivity index (χ1n) is 6.52. The number of carbonyl (C=O) groups is 1. The van der Waals surface area contributed by atoms with E-state index in [9.17, 15) is 4.79 Å². The fourth-order valence-electron chi connectivity index (χ4n) is 1.86. The molecule has 5 nitrogen and oxygen atoms in total. The molecule has 0 saturated carbocycles. The van der Waals surface area contributed by atoms with Crippen molar-refractivity contribution in [2.75, 3.05) is 6.54 Å². The lowest BCUT2D eigenvalue weighted by Gasteiger charge is -2.25. The first-order chi connectivity index (χ1) is 8.43. The number of hydrogen-bond acceptors (Lipinski definition) is 3. The van der Waals surface area contributed by atoms with Gasteiger partial charge in [-0.1, -0.05) is 6.92 Å². The van der Waals surface area contributed by atoms with Crippen LogP contribution in [-0.4, -0.2) is 27.8 Å². The summed E-state index contributed by atoms with van der Waals surface area (Å²) in [4.78, 5) is 12.2. The molecule has 0 aliphatic carbocycles. The van der Waals surface area contributed by atoms with Crippen molar-refractivity contribution in [2.24, 2.45) is 5.73 Å². The van der Waals surface area contributed by atoms with Crippen molar-refractivity contribution in [3.05, 3.63) is 17.5 Å². The molecule has 3 N–H and O–H groups in total. The minimum atomic E-state index is -0.291. The molecule has 0 aromatic carbocycles. The summed E-state index contributed by atoms with van der Waals surface area (Å²) in [6, 6.07) is 1.86. The maximum absolute atomic E-state index is 12.2. The summed E-state index contributed by atoms with van der Waals surface area (Å²) in [6.07, 6.45) is 1.58. The smallest absolute Gasteiger partial charge is 0.269 e. The zero-order chi connectivity index (χ0) is 13.8. The first-order valence-corrected chi connectivity index (χ1v) is 6.52. The molecule has 1 heterocycles. The van der Waals surface area contributed by atoms with Crippen molar-refractivity contribution in [3.8, 4) is 0 Å². The van der Waals surface area contributed by atoms with Gasteiger partial charge in [0.2, 0.25) is 0 Å². The lowest BCUT2D eigenvalue weighted by Crippen LogP contribution is -2.45. The third-order valence-corrected chi connectivity index (χ3v) is 2.95. The van der Waals surface area contributed by atoms with Crippen LogP contribution < -0.4 is 11.1 Å². The first kappa shape index (κ1) is 14.7. The van der Waals surface area contributed by atoms with E-state index in [1.807, 2.05) is 33.8 Å². The summed E-state index contributed by atoms with van der Waals surface area (Å²) in [5.41, 5.74) is 6.82. The number of nitrogens with one attached hydrogen (secondary N) is 1. The maximum atomic E-state index is 12.2. The fraction of sp³-hybridized carbons (Fsp3) is 0.692. The second kappa shape index (κ2) is 6.00. The highest BCUT2D eigenvalue weighted by Crippen LogP contribution is 2.11. The highest BCUT2D eigenvalue weighted by atomic mass is 16.2. The highest BCUT2D eigenvalue weighted by Gasteiger charge is 2.22. The van der Waals surface area contributed by atoms with E-state index in [0.717, 1.165) is 18.5 Å². The highest BCUT2D eigenvalue weighted by molar-refractivity contribution is 5.93. The fourth-order valence-corrected chi connectivity index (χ4v) is 1.86. The molecule has 102 valence electrons. The van der Waals surface area contributed by atoms with Crippen molar-refractivity contribution in [2.45, 2.75) is 52.6 Å². The topological polar surface area (TPSA) is 72.9 Å². The van der Waals surface area contributed by atoms with E-state index in [2.05, 4.69) is 10.4 Å². The van der Waals surface area contributed by atoms with Gasteiger partial charge in [-0.3, -0.25) is 9.48 Å². The van der Waals surface area contributed by atoms with E-state index in [-0.39, 0.29) is 11.4 Å². The summed E-state index contributed by atoms with van der Waals surface area (Å²) in [5, 5.41) is 7.38. The summed E-state index contributed by atoms with van der Waals surface area (Å²) in [6.45, 7) is 9.22. The number of carbonyl (C=O) groups excluding carboxylic acids is 1. The van der Waals surface area contributed by atoms with E-state index in [1.165, 1.54) is 0 Å². The van der Waals surface area contributed by atoms with Gasteiger partial charge in [-0.15, -0.1) is 0 Å². The molecule has 5 heteroatoms. The molecule has 1 aromatic heterocycles. The largest absolute Gasteiger partial charge is 0.346 e. The molecule has 0 fully saturated rings. The van der Waals surface area contributed by atoms with Crippen LogP contribution in [-0.2, 0) is 13.0 Å². The standard InChI is InChI=1S/C13H24N4O/c1-5-10-9-11(17(6-2)16-10)12(18)15-13(3,4)7-8-14/h9H,5-8,14H2,1-4H3,(H,15,18). The van der Waals surface area contributed by atoms with E-state index < -0.39 is 0 Å². The van der Waals surface area contributed by atoms with Gasteiger partial charge in [-0.05, 0) is 46.2 Å². The molecule has 1 amide bonds. The van der Waals surface area contributed by atoms with Gasteiger partial charge in [-0.2, -0.15) is 5.10 Å². The van der Waals surface area contributed by atoms with Gasteiger partial charge in [0.05, 0.1) is 5.69 Å². The Morgan fingerprint density at radius 1 is 1.50 bits per heavy atom. The van der Waals surface area contributed by atoms with Crippen molar-refractivity contribution in [3.63, 3.8) is 0 Å². The van der Waals surface area contributed by atoms with Gasteiger partial charge in [0.15, 0.2) is 0 Å². The predicted molar refractivity (Wildman–Crippen MR) is 72.5 cm³/mol. The Morgan fingerprint density at radius 3 is 2.67 bits per heavy atom. The monoisotopic (exact) mass is 252 g/mol. The summed E-state index contributed by atoms with van der Waals surface area (Å²) in [7, 11) is 0. The lowest BCUT2D eigenvalue weighted by molar-refractivity contribution is 0.0899. The molecule has 0 bridgehead atoms. The van der Waals surface area contributed by atoms with Crippen LogP contribution in [0.2, 0.25) is 0 Å². The Kier molecular flexibility index (Phi) is 4.90. The third-order valence-electron chi connectivity index (χ3n) is 2.95. The summed E-state index contributed by atoms with van der Waals surface area (Å²) in [5.74, 6) is -0.0810. The molecular formula is C13H24N4O. The van der Waals surface area contributed by atoms with E-state index >= 15 is 0 Å². The van der Waals surface area contributed by atoms with Gasteiger partial charge in [0.25, 0.3) is 5.91 Å². The minimum absolute atomic E-state index is 0.0810. The van der Waals surface area contributed by atoms with Crippen LogP contribution >= 0.6 is 0 Å². The van der Waals surface area contributed by atoms with Gasteiger partial charge in [-0.25, -0.2) is 0 Å². The van der Waals surface area contributed by atoms with Crippen LogP contribution in [0.1, 0.15) is 50.3 Å². The third kappa shape index (κ3) is 3.57. The normalized spacial score (nSPS) is 11.6. The molecule has 0 atom stereocenters. The molecular weight excluding hydrogens is 228 g/mol. The Labute approximate surface area is 109 Å². The average molecular weight is 252 g/mol. The van der Waals surface area contributed by atoms with Gasteiger partial charge >= 0.3 is 0 Å². The zero-order valence-corrected chi connectivity index (χ0v) is 11.8. The van der Waals surface area contributed by atoms with Crippen LogP contribution in [0.25, 0.3) is 0 Å². The molecule has 0 saturated heterocycles. The number of nitrogens with two attached hydrogens (primary N) is 1. The van der Waals surface area contributed by atoms with E-state index in [1.54, 1.807) is 4.68 Å². The quantitative estimate of drug-likeness (QED) is 0.802. The SMILES string of the molecule is CCc1cc(C(=O)NC(C)(C)CCN)n(CC)n1. The molecule has 0 unspecified atom stereocenters. The Bertz CT molecular complexity index is 409. The minimum Gasteiger partial charge on any atom is -0.346 e. The van der Waals surface area contributed by atoms with E-state index in [4.69, 9.17) is 5.73 Å². The molecule has 1 aromatic rings. The number of rotatable bonds is 6. The van der Waals surface area contributed by atoms with Gasteiger partial charge in [0.1, 0.15) is 5.69 Å². The van der Waals surface area contributed by atoms with E-state index in [0.29, 0.717) is 18.8 Å². The Morgan fingerprint density at radius 2 is 2.17 bits per heavy atom. The van der Waals surface area contributed by atoms with Crippen molar-refractivity contribution in [1.82, 2.24) is 15.1 Å². The van der Waals surface area contributed by atoms with Crippen LogP contribution in [0.5, 0.6) is 0 Å². The number of amides is 1. The molecule has 1 rings (SSSR count). The second-order valence-corrected chi connectivity index (χ2v) is 5.07. The molecule has 0 aliphatic heterocycles.